The van der Waals surface area contributed by atoms with Crippen LogP contribution in [0.15, 0.2) is 45.3 Å². The van der Waals surface area contributed by atoms with E-state index in [9.17, 15) is 9.18 Å². The van der Waals surface area contributed by atoms with E-state index in [-0.39, 0.29) is 10.0 Å². The first kappa shape index (κ1) is 14.5. The van der Waals surface area contributed by atoms with Gasteiger partial charge in [-0.15, -0.1) is 0 Å². The molecular formula is C13H7Br2ClFNO. The van der Waals surface area contributed by atoms with Gasteiger partial charge in [-0.25, -0.2) is 4.39 Å². The van der Waals surface area contributed by atoms with Crippen molar-refractivity contribution in [1.82, 2.24) is 0 Å². The van der Waals surface area contributed by atoms with E-state index in [1.807, 2.05) is 0 Å². The van der Waals surface area contributed by atoms with Gasteiger partial charge in [-0.05, 0) is 56.1 Å². The molecule has 2 nitrogen and oxygen atoms in total. The SMILES string of the molecule is O=C(Nc1cccc(Cl)c1Br)c1cccc(F)c1Br. The molecule has 0 saturated heterocycles. The predicted octanol–water partition coefficient (Wildman–Crippen LogP) is 5.26. The predicted molar refractivity (Wildman–Crippen MR) is 81.2 cm³/mol. The van der Waals surface area contributed by atoms with Crippen molar-refractivity contribution in [3.05, 3.63) is 61.7 Å². The summed E-state index contributed by atoms with van der Waals surface area (Å²) in [5.74, 6) is -0.910. The molecule has 0 heterocycles. The lowest BCUT2D eigenvalue weighted by Gasteiger charge is -2.09. The topological polar surface area (TPSA) is 29.1 Å². The number of halogens is 4. The van der Waals surface area contributed by atoms with Gasteiger partial charge in [-0.2, -0.15) is 0 Å². The zero-order valence-electron chi connectivity index (χ0n) is 9.38. The maximum absolute atomic E-state index is 13.4. The van der Waals surface area contributed by atoms with E-state index in [0.717, 1.165) is 0 Å². The normalized spacial score (nSPS) is 10.3. The maximum Gasteiger partial charge on any atom is 0.256 e. The fraction of sp³-hybridized carbons (Fsp3) is 0. The van der Waals surface area contributed by atoms with Gasteiger partial charge in [-0.3, -0.25) is 4.79 Å². The quantitative estimate of drug-likeness (QED) is 0.723. The second-order valence-electron chi connectivity index (χ2n) is 3.66. The summed E-state index contributed by atoms with van der Waals surface area (Å²) in [7, 11) is 0. The van der Waals surface area contributed by atoms with Crippen molar-refractivity contribution in [2.75, 3.05) is 5.32 Å². The molecule has 2 rings (SSSR count). The Hall–Kier alpha value is -0.910. The molecule has 0 aliphatic heterocycles. The zero-order valence-corrected chi connectivity index (χ0v) is 13.3. The summed E-state index contributed by atoms with van der Waals surface area (Å²) in [6, 6.07) is 9.38. The van der Waals surface area contributed by atoms with Gasteiger partial charge in [0, 0.05) is 0 Å². The maximum atomic E-state index is 13.4. The van der Waals surface area contributed by atoms with Gasteiger partial charge in [0.05, 0.1) is 25.2 Å². The summed E-state index contributed by atoms with van der Waals surface area (Å²) in [5.41, 5.74) is 0.737. The number of nitrogens with one attached hydrogen (secondary N) is 1. The molecule has 0 spiro atoms. The van der Waals surface area contributed by atoms with Gasteiger partial charge in [0.1, 0.15) is 5.82 Å². The second-order valence-corrected chi connectivity index (χ2v) is 5.65. The summed E-state index contributed by atoms with van der Waals surface area (Å²) >= 11 is 12.3. The molecule has 0 saturated carbocycles. The lowest BCUT2D eigenvalue weighted by molar-refractivity contribution is 0.102. The average Bonchev–Trinajstić information content (AvgIpc) is 2.38. The summed E-state index contributed by atoms with van der Waals surface area (Å²) < 4.78 is 14.1. The fourth-order valence-corrected chi connectivity index (χ4v) is 2.45. The minimum atomic E-state index is -0.488. The van der Waals surface area contributed by atoms with Crippen molar-refractivity contribution in [2.45, 2.75) is 0 Å². The van der Waals surface area contributed by atoms with Gasteiger partial charge in [0.25, 0.3) is 5.91 Å². The molecule has 98 valence electrons. The molecule has 2 aromatic rings. The number of anilines is 1. The highest BCUT2D eigenvalue weighted by Crippen LogP contribution is 2.31. The number of hydrogen-bond acceptors (Lipinski definition) is 1. The molecule has 0 bridgehead atoms. The molecule has 0 radical (unpaired) electrons. The Kier molecular flexibility index (Phi) is 4.60. The smallest absolute Gasteiger partial charge is 0.256 e. The molecule has 2 aromatic carbocycles. The van der Waals surface area contributed by atoms with E-state index in [1.165, 1.54) is 18.2 Å². The number of amides is 1. The molecule has 0 aromatic heterocycles. The Morgan fingerprint density at radius 3 is 2.53 bits per heavy atom. The van der Waals surface area contributed by atoms with E-state index in [4.69, 9.17) is 11.6 Å². The van der Waals surface area contributed by atoms with E-state index in [0.29, 0.717) is 15.2 Å². The Balaban J connectivity index is 2.31. The Bertz CT molecular complexity index is 649. The summed E-state index contributed by atoms with van der Waals surface area (Å²) in [6.07, 6.45) is 0. The molecular weight excluding hydrogens is 400 g/mol. The van der Waals surface area contributed by atoms with Crippen molar-refractivity contribution >= 4 is 55.1 Å². The van der Waals surface area contributed by atoms with Gasteiger partial charge >= 0.3 is 0 Å². The molecule has 0 atom stereocenters. The highest BCUT2D eigenvalue weighted by atomic mass is 79.9. The Morgan fingerprint density at radius 2 is 1.79 bits per heavy atom. The number of hydrogen-bond donors (Lipinski definition) is 1. The number of carbonyl (C=O) groups excluding carboxylic acids is 1. The van der Waals surface area contributed by atoms with Crippen LogP contribution >= 0.6 is 43.5 Å². The highest BCUT2D eigenvalue weighted by molar-refractivity contribution is 9.11. The number of benzene rings is 2. The summed E-state index contributed by atoms with van der Waals surface area (Å²) in [6.45, 7) is 0. The van der Waals surface area contributed by atoms with Crippen LogP contribution in [0.1, 0.15) is 10.4 Å². The van der Waals surface area contributed by atoms with Crippen molar-refractivity contribution in [3.8, 4) is 0 Å². The average molecular weight is 407 g/mol. The van der Waals surface area contributed by atoms with Crippen molar-refractivity contribution in [1.29, 1.82) is 0 Å². The minimum absolute atomic E-state index is 0.130. The van der Waals surface area contributed by atoms with E-state index >= 15 is 0 Å². The fourth-order valence-electron chi connectivity index (χ4n) is 1.47. The van der Waals surface area contributed by atoms with Crippen LogP contribution in [-0.4, -0.2) is 5.91 Å². The van der Waals surface area contributed by atoms with Crippen LogP contribution < -0.4 is 5.32 Å². The minimum Gasteiger partial charge on any atom is -0.321 e. The molecule has 0 aliphatic carbocycles. The molecule has 6 heteroatoms. The van der Waals surface area contributed by atoms with Crippen LogP contribution in [0.2, 0.25) is 5.02 Å². The van der Waals surface area contributed by atoms with Crippen LogP contribution in [0.4, 0.5) is 10.1 Å². The van der Waals surface area contributed by atoms with Gasteiger partial charge in [-0.1, -0.05) is 23.7 Å². The highest BCUT2D eigenvalue weighted by Gasteiger charge is 2.14. The molecule has 0 unspecified atom stereocenters. The van der Waals surface area contributed by atoms with Crippen LogP contribution in [-0.2, 0) is 0 Å². The second kappa shape index (κ2) is 6.03. The van der Waals surface area contributed by atoms with E-state index in [2.05, 4.69) is 37.2 Å². The summed E-state index contributed by atoms with van der Waals surface area (Å²) in [5, 5.41) is 3.15. The molecule has 0 fully saturated rings. The first-order valence-electron chi connectivity index (χ1n) is 5.20. The third-order valence-electron chi connectivity index (χ3n) is 2.40. The van der Waals surface area contributed by atoms with Gasteiger partial charge in [0.15, 0.2) is 0 Å². The van der Waals surface area contributed by atoms with Crippen LogP contribution in [0.25, 0.3) is 0 Å². The molecule has 19 heavy (non-hydrogen) atoms. The lowest BCUT2D eigenvalue weighted by Crippen LogP contribution is -2.13. The van der Waals surface area contributed by atoms with Crippen molar-refractivity contribution in [3.63, 3.8) is 0 Å². The standard InChI is InChI=1S/C13H7Br2ClFNO/c14-11-7(3-1-5-9(11)17)13(19)18-10-6-2-4-8(16)12(10)15/h1-6H,(H,18,19). The van der Waals surface area contributed by atoms with Crippen LogP contribution in [0, 0.1) is 5.82 Å². The third-order valence-corrected chi connectivity index (χ3v) is 4.60. The van der Waals surface area contributed by atoms with Crippen LogP contribution in [0.5, 0.6) is 0 Å². The van der Waals surface area contributed by atoms with E-state index in [1.54, 1.807) is 18.2 Å². The lowest BCUT2D eigenvalue weighted by atomic mass is 10.2. The van der Waals surface area contributed by atoms with Crippen molar-refractivity contribution in [2.24, 2.45) is 0 Å². The Labute approximate surface area is 131 Å². The van der Waals surface area contributed by atoms with Gasteiger partial charge in [0.2, 0.25) is 0 Å². The summed E-state index contributed by atoms with van der Waals surface area (Å²) in [4.78, 5) is 12.1. The van der Waals surface area contributed by atoms with Gasteiger partial charge < -0.3 is 5.32 Å². The van der Waals surface area contributed by atoms with Crippen molar-refractivity contribution < 1.29 is 9.18 Å². The first-order valence-corrected chi connectivity index (χ1v) is 7.16. The zero-order chi connectivity index (χ0) is 14.0. The number of carbonyl (C=O) groups is 1. The van der Waals surface area contributed by atoms with Crippen LogP contribution in [0.3, 0.4) is 0 Å². The molecule has 1 N–H and O–H groups in total. The number of rotatable bonds is 2. The largest absolute Gasteiger partial charge is 0.321 e. The monoisotopic (exact) mass is 405 g/mol. The first-order chi connectivity index (χ1) is 9.00. The third kappa shape index (κ3) is 3.16. The Morgan fingerprint density at radius 1 is 1.11 bits per heavy atom. The molecule has 1 amide bonds. The van der Waals surface area contributed by atoms with E-state index < -0.39 is 11.7 Å². The molecule has 0 aliphatic rings.